The van der Waals surface area contributed by atoms with E-state index < -0.39 is 5.97 Å². The van der Waals surface area contributed by atoms with E-state index in [4.69, 9.17) is 4.42 Å². The second-order valence-corrected chi connectivity index (χ2v) is 4.46. The molecule has 0 amide bonds. The molecular weight excluding hydrogens is 261 g/mol. The molecule has 0 saturated heterocycles. The lowest BCUT2D eigenvalue weighted by Crippen LogP contribution is -2.03. The molecule has 0 atom stereocenters. The van der Waals surface area contributed by atoms with Crippen LogP contribution in [0.1, 0.15) is 27.4 Å². The third-order valence-corrected chi connectivity index (χ3v) is 3.04. The van der Waals surface area contributed by atoms with E-state index in [0.717, 1.165) is 5.56 Å². The molecule has 2 aromatic rings. The van der Waals surface area contributed by atoms with Crippen LogP contribution >= 0.6 is 0 Å². The van der Waals surface area contributed by atoms with Crippen LogP contribution in [0.25, 0.3) is 0 Å². The van der Waals surface area contributed by atoms with Gasteiger partial charge in [0.05, 0.1) is 19.3 Å². The largest absolute Gasteiger partial charge is 0.465 e. The van der Waals surface area contributed by atoms with Gasteiger partial charge in [-0.05, 0) is 31.5 Å². The van der Waals surface area contributed by atoms with Crippen molar-refractivity contribution in [2.45, 2.75) is 20.4 Å². The molecule has 0 radical (unpaired) electrons. The van der Waals surface area contributed by atoms with Gasteiger partial charge in [0.15, 0.2) is 0 Å². The quantitative estimate of drug-likeness (QED) is 0.870. The van der Waals surface area contributed by atoms with E-state index in [9.17, 15) is 9.18 Å². The number of ether oxygens (including phenoxy) is 1. The Morgan fingerprint density at radius 3 is 2.80 bits per heavy atom. The summed E-state index contributed by atoms with van der Waals surface area (Å²) in [6, 6.07) is 6.47. The van der Waals surface area contributed by atoms with Gasteiger partial charge in [-0.25, -0.2) is 9.18 Å². The summed E-state index contributed by atoms with van der Waals surface area (Å²) in [7, 11) is 1.31. The first kappa shape index (κ1) is 14.1. The maximum Gasteiger partial charge on any atom is 0.341 e. The van der Waals surface area contributed by atoms with Gasteiger partial charge in [-0.15, -0.1) is 0 Å². The minimum atomic E-state index is -0.445. The number of halogens is 1. The van der Waals surface area contributed by atoms with Crippen LogP contribution in [-0.2, 0) is 11.3 Å². The molecule has 0 fully saturated rings. The first-order valence-electron chi connectivity index (χ1n) is 6.19. The Morgan fingerprint density at radius 2 is 2.15 bits per heavy atom. The van der Waals surface area contributed by atoms with Gasteiger partial charge in [-0.3, -0.25) is 0 Å². The van der Waals surface area contributed by atoms with Crippen LogP contribution < -0.4 is 5.32 Å². The number of para-hydroxylation sites is 1. The molecule has 20 heavy (non-hydrogen) atoms. The number of esters is 1. The zero-order valence-electron chi connectivity index (χ0n) is 11.6. The molecule has 4 nitrogen and oxygen atoms in total. The molecule has 0 saturated carbocycles. The predicted octanol–water partition coefficient (Wildman–Crippen LogP) is 3.43. The van der Waals surface area contributed by atoms with Crippen molar-refractivity contribution in [1.82, 2.24) is 0 Å². The second kappa shape index (κ2) is 5.77. The monoisotopic (exact) mass is 277 g/mol. The maximum atomic E-state index is 13.7. The van der Waals surface area contributed by atoms with Crippen molar-refractivity contribution in [3.8, 4) is 0 Å². The fourth-order valence-electron chi connectivity index (χ4n) is 1.97. The number of carbonyl (C=O) groups excluding carboxylic acids is 1. The highest BCUT2D eigenvalue weighted by Gasteiger charge is 2.15. The number of aryl methyl sites for hydroxylation is 2. The normalized spacial score (nSPS) is 10.4. The van der Waals surface area contributed by atoms with Crippen LogP contribution in [0.3, 0.4) is 0 Å². The lowest BCUT2D eigenvalue weighted by molar-refractivity contribution is 0.0599. The van der Waals surface area contributed by atoms with E-state index in [-0.39, 0.29) is 5.82 Å². The number of nitrogens with one attached hydrogen (secondary N) is 1. The molecule has 1 heterocycles. The summed E-state index contributed by atoms with van der Waals surface area (Å²) in [4.78, 5) is 11.5. The van der Waals surface area contributed by atoms with Crippen LogP contribution in [0.2, 0.25) is 0 Å². The Balaban J connectivity index is 2.14. The number of benzene rings is 1. The number of methoxy groups -OCH3 is 1. The van der Waals surface area contributed by atoms with Crippen LogP contribution in [0.4, 0.5) is 10.1 Å². The lowest BCUT2D eigenvalue weighted by atomic mass is 10.2. The van der Waals surface area contributed by atoms with E-state index in [1.165, 1.54) is 13.2 Å². The zero-order chi connectivity index (χ0) is 14.7. The van der Waals surface area contributed by atoms with E-state index in [0.29, 0.717) is 29.3 Å². The fourth-order valence-corrected chi connectivity index (χ4v) is 1.97. The van der Waals surface area contributed by atoms with Crippen LogP contribution in [-0.4, -0.2) is 13.1 Å². The summed E-state index contributed by atoms with van der Waals surface area (Å²) >= 11 is 0. The number of hydrogen-bond donors (Lipinski definition) is 1. The number of carbonyl (C=O) groups is 1. The molecule has 0 aliphatic rings. The second-order valence-electron chi connectivity index (χ2n) is 4.46. The van der Waals surface area contributed by atoms with Crippen LogP contribution in [0, 0.1) is 19.7 Å². The molecule has 1 aromatic carbocycles. The molecule has 0 bridgehead atoms. The Labute approximate surface area is 116 Å². The third-order valence-electron chi connectivity index (χ3n) is 3.04. The Morgan fingerprint density at radius 1 is 1.40 bits per heavy atom. The van der Waals surface area contributed by atoms with Crippen LogP contribution in [0.15, 0.2) is 28.7 Å². The Hall–Kier alpha value is -2.30. The fraction of sp³-hybridized carbons (Fsp3) is 0.267. The molecule has 0 spiro atoms. The third kappa shape index (κ3) is 2.82. The summed E-state index contributed by atoms with van der Waals surface area (Å²) < 4.78 is 23.8. The molecule has 2 rings (SSSR count). The van der Waals surface area contributed by atoms with Crippen molar-refractivity contribution in [2.24, 2.45) is 0 Å². The Kier molecular flexibility index (Phi) is 4.08. The minimum absolute atomic E-state index is 0.291. The van der Waals surface area contributed by atoms with Gasteiger partial charge in [0, 0.05) is 0 Å². The molecular formula is C15H16FNO3. The van der Waals surface area contributed by atoms with E-state index >= 15 is 0 Å². The number of furan rings is 1. The maximum absolute atomic E-state index is 13.7. The van der Waals surface area contributed by atoms with E-state index in [1.54, 1.807) is 19.1 Å². The molecule has 1 N–H and O–H groups in total. The number of hydrogen-bond acceptors (Lipinski definition) is 4. The highest BCUT2D eigenvalue weighted by atomic mass is 19.1. The van der Waals surface area contributed by atoms with Gasteiger partial charge < -0.3 is 14.5 Å². The van der Waals surface area contributed by atoms with Crippen molar-refractivity contribution in [2.75, 3.05) is 12.4 Å². The van der Waals surface area contributed by atoms with Crippen molar-refractivity contribution in [3.05, 3.63) is 52.7 Å². The number of anilines is 1. The predicted molar refractivity (Wildman–Crippen MR) is 73.2 cm³/mol. The van der Waals surface area contributed by atoms with Crippen LogP contribution in [0.5, 0.6) is 0 Å². The van der Waals surface area contributed by atoms with Gasteiger partial charge in [-0.1, -0.05) is 12.1 Å². The first-order chi connectivity index (χ1) is 9.52. The summed E-state index contributed by atoms with van der Waals surface area (Å²) in [6.45, 7) is 3.79. The van der Waals surface area contributed by atoms with Gasteiger partial charge >= 0.3 is 5.97 Å². The molecule has 5 heteroatoms. The van der Waals surface area contributed by atoms with Gasteiger partial charge in [0.1, 0.15) is 22.9 Å². The van der Waals surface area contributed by atoms with Crippen molar-refractivity contribution >= 4 is 11.7 Å². The zero-order valence-corrected chi connectivity index (χ0v) is 11.6. The number of rotatable bonds is 4. The standard InChI is InChI=1S/C15H16FNO3/c1-9-5-4-6-13(16)14(9)17-8-11-7-12(10(2)20-11)15(18)19-3/h4-7,17H,8H2,1-3H3. The summed E-state index contributed by atoms with van der Waals surface area (Å²) in [5.74, 6) is 0.269. The van der Waals surface area contributed by atoms with Crippen molar-refractivity contribution in [3.63, 3.8) is 0 Å². The average Bonchev–Trinajstić information content (AvgIpc) is 2.78. The highest BCUT2D eigenvalue weighted by molar-refractivity contribution is 5.90. The molecule has 0 aliphatic carbocycles. The lowest BCUT2D eigenvalue weighted by Gasteiger charge is -2.08. The van der Waals surface area contributed by atoms with Gasteiger partial charge in [0.2, 0.25) is 0 Å². The average molecular weight is 277 g/mol. The minimum Gasteiger partial charge on any atom is -0.465 e. The van der Waals surface area contributed by atoms with Crippen molar-refractivity contribution in [1.29, 1.82) is 0 Å². The summed E-state index contributed by atoms with van der Waals surface area (Å²) in [6.07, 6.45) is 0. The molecule has 106 valence electrons. The SMILES string of the molecule is COC(=O)c1cc(CNc2c(C)cccc2F)oc1C. The smallest absolute Gasteiger partial charge is 0.341 e. The summed E-state index contributed by atoms with van der Waals surface area (Å²) in [5.41, 5.74) is 1.62. The van der Waals surface area contributed by atoms with Gasteiger partial charge in [0.25, 0.3) is 0 Å². The summed E-state index contributed by atoms with van der Waals surface area (Å²) in [5, 5.41) is 2.97. The van der Waals surface area contributed by atoms with E-state index in [1.807, 2.05) is 13.0 Å². The molecule has 1 aromatic heterocycles. The van der Waals surface area contributed by atoms with Crippen molar-refractivity contribution < 1.29 is 18.3 Å². The molecule has 0 unspecified atom stereocenters. The Bertz CT molecular complexity index is 614. The highest BCUT2D eigenvalue weighted by Crippen LogP contribution is 2.21. The topological polar surface area (TPSA) is 51.5 Å². The van der Waals surface area contributed by atoms with E-state index in [2.05, 4.69) is 10.1 Å². The van der Waals surface area contributed by atoms with Gasteiger partial charge in [-0.2, -0.15) is 0 Å². The first-order valence-corrected chi connectivity index (χ1v) is 6.19. The molecule has 0 aliphatic heterocycles.